The van der Waals surface area contributed by atoms with Crippen LogP contribution in [0.5, 0.6) is 0 Å². The number of rotatable bonds is 5. The number of methoxy groups -OCH3 is 1. The number of carbonyl (C=O) groups excluding carboxylic acids is 3. The third-order valence-corrected chi connectivity index (χ3v) is 5.96. The van der Waals surface area contributed by atoms with Gasteiger partial charge in [0.15, 0.2) is 0 Å². The van der Waals surface area contributed by atoms with Crippen molar-refractivity contribution in [2.45, 2.75) is 31.8 Å². The van der Waals surface area contributed by atoms with E-state index in [2.05, 4.69) is 24.5 Å². The van der Waals surface area contributed by atoms with E-state index in [0.717, 1.165) is 12.0 Å². The number of amides is 3. The Labute approximate surface area is 158 Å². The van der Waals surface area contributed by atoms with E-state index in [1.54, 1.807) is 0 Å². The van der Waals surface area contributed by atoms with Gasteiger partial charge in [-0.05, 0) is 18.4 Å². The molecule has 3 aliphatic heterocycles. The Kier molecular flexibility index (Phi) is 4.31. The highest BCUT2D eigenvalue weighted by molar-refractivity contribution is 6.15. The average molecular weight is 371 g/mol. The number of para-hydroxylation sites is 1. The molecule has 7 nitrogen and oxygen atoms in total. The molecule has 7 heteroatoms. The molecule has 2 fully saturated rings. The second-order valence-corrected chi connectivity index (χ2v) is 8.01. The zero-order valence-electron chi connectivity index (χ0n) is 15.8. The first kappa shape index (κ1) is 18.1. The van der Waals surface area contributed by atoms with E-state index >= 15 is 0 Å². The molecular weight excluding hydrogens is 346 g/mol. The minimum absolute atomic E-state index is 0.200. The largest absolute Gasteiger partial charge is 0.383 e. The van der Waals surface area contributed by atoms with Crippen LogP contribution in [-0.2, 0) is 24.7 Å². The first-order valence-electron chi connectivity index (χ1n) is 9.44. The van der Waals surface area contributed by atoms with E-state index in [-0.39, 0.29) is 36.9 Å². The van der Waals surface area contributed by atoms with Crippen molar-refractivity contribution in [1.82, 2.24) is 10.2 Å². The van der Waals surface area contributed by atoms with Crippen LogP contribution in [0.3, 0.4) is 0 Å². The number of imide groups is 1. The Morgan fingerprint density at radius 2 is 1.93 bits per heavy atom. The predicted molar refractivity (Wildman–Crippen MR) is 98.7 cm³/mol. The number of nitrogens with zero attached hydrogens (tertiary/aromatic N) is 1. The molecule has 0 aliphatic carbocycles. The molecule has 0 unspecified atom stereocenters. The number of likely N-dealkylation sites (tertiary alicyclic amines) is 1. The van der Waals surface area contributed by atoms with Crippen molar-refractivity contribution < 1.29 is 19.1 Å². The van der Waals surface area contributed by atoms with Gasteiger partial charge in [0, 0.05) is 24.4 Å². The van der Waals surface area contributed by atoms with Crippen molar-refractivity contribution in [1.29, 1.82) is 0 Å². The maximum absolute atomic E-state index is 13.3. The average Bonchev–Trinajstić information content (AvgIpc) is 3.19. The van der Waals surface area contributed by atoms with E-state index in [0.29, 0.717) is 11.6 Å². The quantitative estimate of drug-likeness (QED) is 0.757. The van der Waals surface area contributed by atoms with Crippen LogP contribution in [0, 0.1) is 17.8 Å². The first-order chi connectivity index (χ1) is 12.9. The van der Waals surface area contributed by atoms with Crippen LogP contribution in [0.2, 0.25) is 0 Å². The third-order valence-electron chi connectivity index (χ3n) is 5.96. The monoisotopic (exact) mass is 371 g/mol. The molecule has 4 rings (SSSR count). The summed E-state index contributed by atoms with van der Waals surface area (Å²) in [7, 11) is 1.54. The van der Waals surface area contributed by atoms with Crippen LogP contribution >= 0.6 is 0 Å². The lowest BCUT2D eigenvalue weighted by Gasteiger charge is -2.29. The molecule has 0 bridgehead atoms. The predicted octanol–water partition coefficient (Wildman–Crippen LogP) is 1.10. The molecule has 27 heavy (non-hydrogen) atoms. The molecule has 0 aromatic heterocycles. The maximum Gasteiger partial charge on any atom is 0.250 e. The maximum atomic E-state index is 13.3. The summed E-state index contributed by atoms with van der Waals surface area (Å²) >= 11 is 0. The van der Waals surface area contributed by atoms with Gasteiger partial charge in [-0.25, -0.2) is 0 Å². The number of anilines is 1. The van der Waals surface area contributed by atoms with Gasteiger partial charge >= 0.3 is 0 Å². The highest BCUT2D eigenvalue weighted by Gasteiger charge is 2.70. The van der Waals surface area contributed by atoms with Crippen molar-refractivity contribution in [3.05, 3.63) is 29.8 Å². The number of carbonyl (C=O) groups is 3. The van der Waals surface area contributed by atoms with Gasteiger partial charge in [-0.3, -0.25) is 24.6 Å². The Morgan fingerprint density at radius 3 is 2.63 bits per heavy atom. The van der Waals surface area contributed by atoms with Gasteiger partial charge < -0.3 is 10.1 Å². The van der Waals surface area contributed by atoms with Crippen LogP contribution in [0.25, 0.3) is 0 Å². The van der Waals surface area contributed by atoms with E-state index in [1.807, 2.05) is 24.3 Å². The van der Waals surface area contributed by atoms with Crippen molar-refractivity contribution in [2.75, 3.05) is 25.6 Å². The highest BCUT2D eigenvalue weighted by Crippen LogP contribution is 2.53. The molecule has 2 N–H and O–H groups in total. The minimum atomic E-state index is -1.19. The summed E-state index contributed by atoms with van der Waals surface area (Å²) in [5.41, 5.74) is 0.274. The highest BCUT2D eigenvalue weighted by atomic mass is 16.5. The van der Waals surface area contributed by atoms with E-state index in [9.17, 15) is 14.4 Å². The van der Waals surface area contributed by atoms with Crippen LogP contribution in [0.4, 0.5) is 5.69 Å². The number of nitrogens with one attached hydrogen (secondary N) is 2. The van der Waals surface area contributed by atoms with Gasteiger partial charge in [-0.15, -0.1) is 0 Å². The van der Waals surface area contributed by atoms with Gasteiger partial charge in [0.1, 0.15) is 5.54 Å². The summed E-state index contributed by atoms with van der Waals surface area (Å²) in [5, 5.41) is 6.33. The first-order valence-corrected chi connectivity index (χ1v) is 9.44. The zero-order chi connectivity index (χ0) is 19.3. The topological polar surface area (TPSA) is 87.7 Å². The summed E-state index contributed by atoms with van der Waals surface area (Å²) in [5.74, 6) is -1.67. The molecule has 0 saturated carbocycles. The molecule has 1 aromatic carbocycles. The van der Waals surface area contributed by atoms with Crippen LogP contribution in [-0.4, -0.2) is 48.9 Å². The second kappa shape index (κ2) is 6.42. The van der Waals surface area contributed by atoms with Crippen LogP contribution in [0.1, 0.15) is 25.8 Å². The molecule has 3 amide bonds. The lowest BCUT2D eigenvalue weighted by atomic mass is 9.76. The van der Waals surface area contributed by atoms with Gasteiger partial charge in [-0.1, -0.05) is 32.0 Å². The number of fused-ring (bicyclic) bond motifs is 4. The fourth-order valence-corrected chi connectivity index (χ4v) is 4.93. The van der Waals surface area contributed by atoms with Gasteiger partial charge in [0.2, 0.25) is 17.7 Å². The second-order valence-electron chi connectivity index (χ2n) is 8.01. The smallest absolute Gasteiger partial charge is 0.250 e. The molecule has 0 radical (unpaired) electrons. The lowest BCUT2D eigenvalue weighted by molar-refractivity contribution is -0.143. The van der Waals surface area contributed by atoms with Crippen molar-refractivity contribution >= 4 is 23.4 Å². The molecule has 1 spiro atoms. The fourth-order valence-electron chi connectivity index (χ4n) is 4.93. The number of benzene rings is 1. The van der Waals surface area contributed by atoms with E-state index < -0.39 is 17.4 Å². The molecule has 4 atom stereocenters. The molecule has 3 aliphatic rings. The number of hydrogen-bond acceptors (Lipinski definition) is 5. The van der Waals surface area contributed by atoms with Crippen molar-refractivity contribution in [3.8, 4) is 0 Å². The Balaban J connectivity index is 1.82. The van der Waals surface area contributed by atoms with Crippen LogP contribution in [0.15, 0.2) is 24.3 Å². The van der Waals surface area contributed by atoms with E-state index in [1.165, 1.54) is 12.0 Å². The van der Waals surface area contributed by atoms with Crippen LogP contribution < -0.4 is 10.6 Å². The van der Waals surface area contributed by atoms with Gasteiger partial charge in [0.05, 0.1) is 25.0 Å². The Hall–Kier alpha value is -2.25. The zero-order valence-corrected chi connectivity index (χ0v) is 15.8. The fraction of sp³-hybridized carbons (Fsp3) is 0.550. The van der Waals surface area contributed by atoms with E-state index in [4.69, 9.17) is 4.74 Å². The third kappa shape index (κ3) is 2.45. The summed E-state index contributed by atoms with van der Waals surface area (Å²) in [6.07, 6.45) is 0.718. The summed E-state index contributed by atoms with van der Waals surface area (Å²) in [6, 6.07) is 7.18. The summed E-state index contributed by atoms with van der Waals surface area (Å²) in [6.45, 7) is 4.66. The normalized spacial score (nSPS) is 31.8. The van der Waals surface area contributed by atoms with Gasteiger partial charge in [0.25, 0.3) is 0 Å². The van der Waals surface area contributed by atoms with Crippen molar-refractivity contribution in [3.63, 3.8) is 0 Å². The minimum Gasteiger partial charge on any atom is -0.383 e. The van der Waals surface area contributed by atoms with Crippen molar-refractivity contribution in [2.24, 2.45) is 17.8 Å². The standard InChI is InChI=1S/C20H25N3O4/c1-11(2)10-14-15-16(18(25)23(17(15)24)8-9-27-3)20(22-14)12-6-4-5-7-13(12)21-19(20)26/h4-7,11,14-16,22H,8-10H2,1-3H3,(H,21,26)/t14-,15+,16-,20-/m0/s1. The summed E-state index contributed by atoms with van der Waals surface area (Å²) in [4.78, 5) is 40.8. The SMILES string of the molecule is COCCN1C(=O)[C@@H]2[C@H](CC(C)C)N[C@]3(C(=O)Nc4ccccc43)[C@@H]2C1=O. The Morgan fingerprint density at radius 1 is 1.19 bits per heavy atom. The number of ether oxygens (including phenoxy) is 1. The Bertz CT molecular complexity index is 808. The molecule has 2 saturated heterocycles. The number of hydrogen-bond donors (Lipinski definition) is 2. The lowest BCUT2D eigenvalue weighted by Crippen LogP contribution is -2.53. The molecular formula is C20H25N3O4. The molecule has 144 valence electrons. The van der Waals surface area contributed by atoms with Gasteiger partial charge in [-0.2, -0.15) is 0 Å². The molecule has 3 heterocycles. The summed E-state index contributed by atoms with van der Waals surface area (Å²) < 4.78 is 5.07. The molecule has 1 aromatic rings.